The molecule has 0 bridgehead atoms. The zero-order chi connectivity index (χ0) is 40.6. The third-order valence-corrected chi connectivity index (χ3v) is 10.0. The largest absolute Gasteiger partial charge is 0.491 e. The van der Waals surface area contributed by atoms with Gasteiger partial charge in [-0.25, -0.2) is 0 Å². The van der Waals surface area contributed by atoms with Crippen molar-refractivity contribution in [2.75, 3.05) is 40.4 Å². The van der Waals surface area contributed by atoms with Gasteiger partial charge in [-0.1, -0.05) is 81.1 Å². The van der Waals surface area contributed by atoms with E-state index < -0.39 is 66.2 Å². The highest BCUT2D eigenvalue weighted by Crippen LogP contribution is 2.30. The number of Topliss-reactive ketones (excluding diaryl/α,β-unsaturated/α-hetero) is 1. The van der Waals surface area contributed by atoms with Gasteiger partial charge in [0, 0.05) is 34.0 Å². The van der Waals surface area contributed by atoms with E-state index in [1.54, 1.807) is 51.4 Å². The van der Waals surface area contributed by atoms with Crippen molar-refractivity contribution < 1.29 is 43.0 Å². The number of hydrogen-bond donors (Lipinski definition) is 4. The molecule has 1 saturated carbocycles. The van der Waals surface area contributed by atoms with E-state index in [0.29, 0.717) is 17.7 Å². The zero-order valence-electron chi connectivity index (χ0n) is 32.8. The Hall–Kier alpha value is -5.31. The first-order chi connectivity index (χ1) is 26.9. The van der Waals surface area contributed by atoms with Crippen molar-refractivity contribution in [3.05, 3.63) is 66.2 Å². The quantitative estimate of drug-likeness (QED) is 0.122. The van der Waals surface area contributed by atoms with Gasteiger partial charge in [0.05, 0.1) is 25.3 Å². The average molecular weight is 777 g/mol. The molecule has 1 heterocycles. The zero-order valence-corrected chi connectivity index (χ0v) is 32.8. The third kappa shape index (κ3) is 12.6. The van der Waals surface area contributed by atoms with Crippen LogP contribution in [0.3, 0.4) is 0 Å². The van der Waals surface area contributed by atoms with Crippen LogP contribution in [0.15, 0.2) is 60.7 Å². The monoisotopic (exact) mass is 776 g/mol. The summed E-state index contributed by atoms with van der Waals surface area (Å²) in [6.45, 7) is 3.06. The van der Waals surface area contributed by atoms with E-state index >= 15 is 0 Å². The van der Waals surface area contributed by atoms with Gasteiger partial charge in [-0.05, 0) is 42.9 Å². The van der Waals surface area contributed by atoms with Crippen molar-refractivity contribution in [3.63, 3.8) is 0 Å². The van der Waals surface area contributed by atoms with E-state index in [9.17, 15) is 33.6 Å². The summed E-state index contributed by atoms with van der Waals surface area (Å²) in [6.07, 6.45) is 4.55. The predicted molar refractivity (Wildman–Crippen MR) is 207 cm³/mol. The molecule has 1 saturated heterocycles. The van der Waals surface area contributed by atoms with Crippen LogP contribution in [-0.4, -0.2) is 116 Å². The van der Waals surface area contributed by atoms with Crippen LogP contribution < -0.4 is 26.0 Å². The molecule has 15 heteroatoms. The van der Waals surface area contributed by atoms with Gasteiger partial charge in [0.2, 0.25) is 35.3 Å². The lowest BCUT2D eigenvalue weighted by molar-refractivity contribution is -0.144. The van der Waals surface area contributed by atoms with E-state index in [0.717, 1.165) is 32.1 Å². The minimum Gasteiger partial charge on any atom is -0.491 e. The van der Waals surface area contributed by atoms with Crippen molar-refractivity contribution >= 4 is 41.2 Å². The van der Waals surface area contributed by atoms with E-state index in [-0.39, 0.29) is 50.3 Å². The Morgan fingerprint density at radius 1 is 0.857 bits per heavy atom. The number of likely N-dealkylation sites (tertiary alicyclic amines) is 1. The van der Waals surface area contributed by atoms with Gasteiger partial charge in [-0.15, -0.1) is 0 Å². The molecule has 2 aliphatic rings. The Kier molecular flexibility index (Phi) is 16.8. The molecule has 15 nitrogen and oxygen atoms in total. The molecular weight excluding hydrogens is 720 g/mol. The molecule has 6 amide bonds. The number of hydrogen-bond acceptors (Lipinski definition) is 9. The number of nitrogens with one attached hydrogen (secondary N) is 4. The fraction of sp³-hybridized carbons (Fsp3) is 0.537. The van der Waals surface area contributed by atoms with Gasteiger partial charge in [-0.3, -0.25) is 33.6 Å². The van der Waals surface area contributed by atoms with E-state index in [1.807, 2.05) is 30.3 Å². The number of para-hydroxylation sites is 1. The molecule has 2 aromatic rings. The van der Waals surface area contributed by atoms with Crippen LogP contribution in [0.4, 0.5) is 0 Å². The molecule has 0 spiro atoms. The Morgan fingerprint density at radius 2 is 1.52 bits per heavy atom. The number of carbonyl (C=O) groups excluding carboxylic acids is 7. The molecule has 304 valence electrons. The highest BCUT2D eigenvalue weighted by atomic mass is 16.5. The van der Waals surface area contributed by atoms with Crippen LogP contribution in [0.5, 0.6) is 5.75 Å². The van der Waals surface area contributed by atoms with Crippen LogP contribution in [0.1, 0.15) is 76.8 Å². The maximum atomic E-state index is 14.3. The highest BCUT2D eigenvalue weighted by Gasteiger charge is 2.45. The lowest BCUT2D eigenvalue weighted by Gasteiger charge is -2.34. The molecule has 2 aromatic carbocycles. The van der Waals surface area contributed by atoms with Crippen LogP contribution in [0.25, 0.3) is 0 Å². The first kappa shape index (κ1) is 43.4. The molecule has 56 heavy (non-hydrogen) atoms. The number of benzene rings is 2. The summed E-state index contributed by atoms with van der Waals surface area (Å²) < 4.78 is 11.8. The smallest absolute Gasteiger partial charge is 0.290 e. The van der Waals surface area contributed by atoms with Gasteiger partial charge >= 0.3 is 0 Å². The molecule has 5 atom stereocenters. The summed E-state index contributed by atoms with van der Waals surface area (Å²) in [7, 11) is 3.11. The molecule has 4 N–H and O–H groups in total. The van der Waals surface area contributed by atoms with Gasteiger partial charge < -0.3 is 40.5 Å². The number of rotatable bonds is 19. The highest BCUT2D eigenvalue weighted by molar-refractivity contribution is 6.38. The van der Waals surface area contributed by atoms with Crippen molar-refractivity contribution in [1.82, 2.24) is 31.1 Å². The summed E-state index contributed by atoms with van der Waals surface area (Å²) in [5, 5.41) is 10.5. The SMILES string of the molecule is CCCC(NC(=O)[C@@H]1CC(OCCOc2ccccc2)CN1C(=O)C(NC(C)=O)C1CCCCC1)C(=O)C(=O)NCC(=O)NC(C(=O)N(C)C)c1ccccc1. The minimum absolute atomic E-state index is 0.0767. The minimum atomic E-state index is -1.25. The second kappa shape index (κ2) is 21.7. The van der Waals surface area contributed by atoms with Crippen molar-refractivity contribution in [2.45, 2.75) is 95.5 Å². The molecule has 1 aliphatic carbocycles. The molecule has 0 aromatic heterocycles. The second-order valence-electron chi connectivity index (χ2n) is 14.5. The second-order valence-corrected chi connectivity index (χ2v) is 14.5. The van der Waals surface area contributed by atoms with Crippen LogP contribution in [0, 0.1) is 5.92 Å². The predicted octanol–water partition coefficient (Wildman–Crippen LogP) is 2.05. The van der Waals surface area contributed by atoms with Gasteiger partial charge in [0.1, 0.15) is 30.5 Å². The summed E-state index contributed by atoms with van der Waals surface area (Å²) >= 11 is 0. The van der Waals surface area contributed by atoms with Gasteiger partial charge in [0.15, 0.2) is 0 Å². The third-order valence-electron chi connectivity index (χ3n) is 10.0. The lowest BCUT2D eigenvalue weighted by atomic mass is 9.83. The van der Waals surface area contributed by atoms with E-state index in [2.05, 4.69) is 21.3 Å². The van der Waals surface area contributed by atoms with Gasteiger partial charge in [0.25, 0.3) is 5.91 Å². The summed E-state index contributed by atoms with van der Waals surface area (Å²) in [5.74, 6) is -3.94. The number of amides is 6. The normalized spacial score (nSPS) is 18.5. The van der Waals surface area contributed by atoms with E-state index in [4.69, 9.17) is 9.47 Å². The molecule has 4 rings (SSSR count). The topological polar surface area (TPSA) is 193 Å². The molecule has 0 radical (unpaired) electrons. The van der Waals surface area contributed by atoms with Crippen molar-refractivity contribution in [2.24, 2.45) is 5.92 Å². The van der Waals surface area contributed by atoms with Crippen LogP contribution >= 0.6 is 0 Å². The Bertz CT molecular complexity index is 1650. The Balaban J connectivity index is 1.43. The number of carbonyl (C=O) groups is 7. The molecule has 2 fully saturated rings. The van der Waals surface area contributed by atoms with Gasteiger partial charge in [-0.2, -0.15) is 0 Å². The first-order valence-electron chi connectivity index (χ1n) is 19.4. The fourth-order valence-corrected chi connectivity index (χ4v) is 7.18. The lowest BCUT2D eigenvalue weighted by Crippen LogP contribution is -2.58. The molecular formula is C41H56N6O9. The maximum absolute atomic E-state index is 14.3. The van der Waals surface area contributed by atoms with E-state index in [1.165, 1.54) is 16.7 Å². The van der Waals surface area contributed by atoms with Crippen LogP contribution in [-0.2, 0) is 38.3 Å². The number of ether oxygens (including phenoxy) is 2. The summed E-state index contributed by atoms with van der Waals surface area (Å²) in [6, 6.07) is 13.7. The number of ketones is 1. The summed E-state index contributed by atoms with van der Waals surface area (Å²) in [5.41, 5.74) is 0.544. The Morgan fingerprint density at radius 3 is 2.14 bits per heavy atom. The standard InChI is InChI=1S/C41H56N6O9/c1-5-15-32(37(50)39(52)42-25-34(49)45-35(40(53)46(3)4)28-16-9-6-10-17-28)44-38(51)33-24-31(56-23-22-55-30-20-13-8-14-21-30)26-47(33)41(54)36(43-27(2)48)29-18-11-7-12-19-29/h6,8-10,13-14,16-17,20-21,29,31-33,35-36H,5,7,11-12,15,18-19,22-26H2,1-4H3,(H,42,52)(H,43,48)(H,44,51)(H,45,49)/t31?,32?,33-,35?,36?/m0/s1. The Labute approximate surface area is 328 Å². The maximum Gasteiger partial charge on any atom is 0.290 e. The number of likely N-dealkylation sites (N-methyl/N-ethyl adjacent to an activating group) is 1. The first-order valence-corrected chi connectivity index (χ1v) is 19.4. The fourth-order valence-electron chi connectivity index (χ4n) is 7.18. The number of nitrogens with zero attached hydrogens (tertiary/aromatic N) is 2. The molecule has 1 aliphatic heterocycles. The van der Waals surface area contributed by atoms with Crippen LogP contribution in [0.2, 0.25) is 0 Å². The van der Waals surface area contributed by atoms with Crippen molar-refractivity contribution in [3.8, 4) is 5.75 Å². The average Bonchev–Trinajstić information content (AvgIpc) is 3.64. The summed E-state index contributed by atoms with van der Waals surface area (Å²) in [4.78, 5) is 95.7. The molecule has 4 unspecified atom stereocenters. The van der Waals surface area contributed by atoms with Crippen molar-refractivity contribution in [1.29, 1.82) is 0 Å².